The Morgan fingerprint density at radius 1 is 0.808 bits per heavy atom. The van der Waals surface area contributed by atoms with Crippen molar-refractivity contribution < 1.29 is 9.59 Å². The molecule has 0 aromatic rings. The first kappa shape index (κ1) is 19.6. The van der Waals surface area contributed by atoms with Gasteiger partial charge in [-0.15, -0.1) is 0 Å². The number of hydrogen-bond donors (Lipinski definition) is 1. The third-order valence-corrected chi connectivity index (χ3v) is 5.86. The van der Waals surface area contributed by atoms with E-state index in [9.17, 15) is 9.59 Å². The van der Waals surface area contributed by atoms with Crippen LogP contribution in [0, 0.1) is 0 Å². The van der Waals surface area contributed by atoms with Crippen LogP contribution < -0.4 is 5.32 Å². The number of rotatable bonds is 9. The number of nitrogens with zero attached hydrogens (tertiary/aromatic N) is 4. The van der Waals surface area contributed by atoms with Gasteiger partial charge in [-0.25, -0.2) is 0 Å². The van der Waals surface area contributed by atoms with Gasteiger partial charge in [0.2, 0.25) is 11.8 Å². The Morgan fingerprint density at radius 3 is 2.12 bits per heavy atom. The third-order valence-electron chi connectivity index (χ3n) is 5.86. The minimum Gasteiger partial charge on any atom is -0.355 e. The summed E-state index contributed by atoms with van der Waals surface area (Å²) in [7, 11) is 0. The molecule has 0 saturated carbocycles. The van der Waals surface area contributed by atoms with Crippen LogP contribution in [0.5, 0.6) is 0 Å². The highest BCUT2D eigenvalue weighted by atomic mass is 16.2. The lowest BCUT2D eigenvalue weighted by Gasteiger charge is -2.35. The molecule has 3 heterocycles. The number of piperazine rings is 1. The Bertz CT molecular complexity index is 459. The van der Waals surface area contributed by atoms with Gasteiger partial charge in [0, 0.05) is 65.3 Å². The number of carbonyl (C=O) groups excluding carboxylic acids is 2. The van der Waals surface area contributed by atoms with E-state index in [1.54, 1.807) is 0 Å². The van der Waals surface area contributed by atoms with Crippen molar-refractivity contribution >= 4 is 11.8 Å². The monoisotopic (exact) mass is 365 g/mol. The zero-order chi connectivity index (χ0) is 18.2. The fraction of sp³-hybridized carbons (Fsp3) is 0.895. The van der Waals surface area contributed by atoms with Crippen molar-refractivity contribution in [2.24, 2.45) is 0 Å². The Labute approximate surface area is 157 Å². The van der Waals surface area contributed by atoms with Gasteiger partial charge in [0.05, 0.1) is 6.54 Å². The molecule has 3 rings (SSSR count). The minimum absolute atomic E-state index is 0.114. The van der Waals surface area contributed by atoms with Gasteiger partial charge in [0.1, 0.15) is 0 Å². The lowest BCUT2D eigenvalue weighted by atomic mass is 10.3. The Morgan fingerprint density at radius 2 is 1.46 bits per heavy atom. The maximum Gasteiger partial charge on any atom is 0.234 e. The molecule has 2 amide bonds. The van der Waals surface area contributed by atoms with Crippen molar-refractivity contribution in [3.05, 3.63) is 0 Å². The summed E-state index contributed by atoms with van der Waals surface area (Å²) >= 11 is 0. The molecule has 0 spiro atoms. The van der Waals surface area contributed by atoms with Gasteiger partial charge in [0.25, 0.3) is 0 Å². The van der Waals surface area contributed by atoms with E-state index in [-0.39, 0.29) is 11.8 Å². The van der Waals surface area contributed by atoms with Crippen LogP contribution in [-0.4, -0.2) is 110 Å². The molecule has 3 saturated heterocycles. The van der Waals surface area contributed by atoms with Crippen LogP contribution in [-0.2, 0) is 9.59 Å². The molecule has 3 fully saturated rings. The van der Waals surface area contributed by atoms with Crippen LogP contribution in [0.2, 0.25) is 0 Å². The summed E-state index contributed by atoms with van der Waals surface area (Å²) in [5.41, 5.74) is 0. The van der Waals surface area contributed by atoms with E-state index in [0.717, 1.165) is 58.7 Å². The molecule has 3 aliphatic rings. The lowest BCUT2D eigenvalue weighted by molar-refractivity contribution is -0.127. The molecular weight excluding hydrogens is 330 g/mol. The molecule has 0 bridgehead atoms. The third kappa shape index (κ3) is 6.21. The van der Waals surface area contributed by atoms with Gasteiger partial charge in [-0.05, 0) is 38.8 Å². The predicted octanol–water partition coefficient (Wildman–Crippen LogP) is -0.171. The minimum atomic E-state index is 0.114. The van der Waals surface area contributed by atoms with Crippen LogP contribution in [0.4, 0.5) is 0 Å². The zero-order valence-electron chi connectivity index (χ0n) is 16.1. The molecule has 26 heavy (non-hydrogen) atoms. The number of likely N-dealkylation sites (tertiary alicyclic amines) is 2. The second-order valence-corrected chi connectivity index (χ2v) is 7.85. The average Bonchev–Trinajstić information content (AvgIpc) is 3.30. The Kier molecular flexibility index (Phi) is 7.70. The van der Waals surface area contributed by atoms with Crippen molar-refractivity contribution in [2.75, 3.05) is 78.5 Å². The number of nitrogens with one attached hydrogen (secondary N) is 1. The molecule has 0 aliphatic carbocycles. The van der Waals surface area contributed by atoms with Gasteiger partial charge >= 0.3 is 0 Å². The summed E-state index contributed by atoms with van der Waals surface area (Å²) in [6, 6.07) is 0. The standard InChI is InChI=1S/C19H35N5O2/c25-18(20-6-4-10-24-9-3-5-19(24)26)17-23-15-13-22(14-16-23)12-11-21-7-1-2-8-21/h1-17H2,(H,20,25). The van der Waals surface area contributed by atoms with E-state index in [1.165, 1.54) is 32.5 Å². The quantitative estimate of drug-likeness (QED) is 0.575. The van der Waals surface area contributed by atoms with E-state index in [1.807, 2.05) is 4.90 Å². The molecule has 7 nitrogen and oxygen atoms in total. The highest BCUT2D eigenvalue weighted by Gasteiger charge is 2.21. The summed E-state index contributed by atoms with van der Waals surface area (Å²) in [6.45, 7) is 11.8. The second kappa shape index (κ2) is 10.2. The average molecular weight is 366 g/mol. The van der Waals surface area contributed by atoms with Crippen LogP contribution in [0.1, 0.15) is 32.1 Å². The van der Waals surface area contributed by atoms with Crippen molar-refractivity contribution in [3.63, 3.8) is 0 Å². The first-order valence-corrected chi connectivity index (χ1v) is 10.4. The summed E-state index contributed by atoms with van der Waals surface area (Å²) in [5, 5.41) is 3.00. The van der Waals surface area contributed by atoms with Crippen molar-refractivity contribution in [1.82, 2.24) is 24.9 Å². The molecule has 0 aromatic carbocycles. The Hall–Kier alpha value is -1.18. The number of carbonyl (C=O) groups is 2. The molecule has 148 valence electrons. The second-order valence-electron chi connectivity index (χ2n) is 7.85. The van der Waals surface area contributed by atoms with Crippen LogP contribution >= 0.6 is 0 Å². The van der Waals surface area contributed by atoms with Crippen molar-refractivity contribution in [1.29, 1.82) is 0 Å². The maximum atomic E-state index is 12.1. The highest BCUT2D eigenvalue weighted by Crippen LogP contribution is 2.09. The fourth-order valence-electron chi connectivity index (χ4n) is 4.16. The van der Waals surface area contributed by atoms with Gasteiger partial charge in [-0.3, -0.25) is 19.4 Å². The summed E-state index contributed by atoms with van der Waals surface area (Å²) < 4.78 is 0. The number of amides is 2. The molecule has 0 atom stereocenters. The SMILES string of the molecule is O=C(CN1CCN(CCN2CCCC2)CC1)NCCCN1CCCC1=O. The molecule has 1 N–H and O–H groups in total. The molecule has 0 aromatic heterocycles. The largest absolute Gasteiger partial charge is 0.355 e. The van der Waals surface area contributed by atoms with E-state index < -0.39 is 0 Å². The molecule has 0 radical (unpaired) electrons. The molecular formula is C19H35N5O2. The highest BCUT2D eigenvalue weighted by molar-refractivity contribution is 5.78. The molecule has 3 aliphatic heterocycles. The fourth-order valence-corrected chi connectivity index (χ4v) is 4.16. The smallest absolute Gasteiger partial charge is 0.234 e. The summed E-state index contributed by atoms with van der Waals surface area (Å²) in [6.07, 6.45) is 5.24. The normalized spacial score (nSPS) is 23.1. The number of hydrogen-bond acceptors (Lipinski definition) is 5. The van der Waals surface area contributed by atoms with E-state index in [2.05, 4.69) is 20.0 Å². The van der Waals surface area contributed by atoms with Gasteiger partial charge < -0.3 is 15.1 Å². The zero-order valence-corrected chi connectivity index (χ0v) is 16.1. The van der Waals surface area contributed by atoms with E-state index in [4.69, 9.17) is 0 Å². The molecule has 0 unspecified atom stereocenters. The topological polar surface area (TPSA) is 59.1 Å². The van der Waals surface area contributed by atoms with Crippen molar-refractivity contribution in [2.45, 2.75) is 32.1 Å². The van der Waals surface area contributed by atoms with Crippen LogP contribution in [0.25, 0.3) is 0 Å². The van der Waals surface area contributed by atoms with Gasteiger partial charge in [-0.1, -0.05) is 0 Å². The van der Waals surface area contributed by atoms with Crippen molar-refractivity contribution in [3.8, 4) is 0 Å². The van der Waals surface area contributed by atoms with E-state index in [0.29, 0.717) is 19.5 Å². The van der Waals surface area contributed by atoms with E-state index >= 15 is 0 Å². The summed E-state index contributed by atoms with van der Waals surface area (Å²) in [4.78, 5) is 32.9. The maximum absolute atomic E-state index is 12.1. The predicted molar refractivity (Wildman–Crippen MR) is 102 cm³/mol. The van der Waals surface area contributed by atoms with Gasteiger partial charge in [-0.2, -0.15) is 0 Å². The summed E-state index contributed by atoms with van der Waals surface area (Å²) in [5.74, 6) is 0.377. The first-order chi connectivity index (χ1) is 12.7. The van der Waals surface area contributed by atoms with Crippen LogP contribution in [0.3, 0.4) is 0 Å². The van der Waals surface area contributed by atoms with Gasteiger partial charge in [0.15, 0.2) is 0 Å². The first-order valence-electron chi connectivity index (χ1n) is 10.4. The Balaban J connectivity index is 1.21. The lowest BCUT2D eigenvalue weighted by Crippen LogP contribution is -2.50. The van der Waals surface area contributed by atoms with Crippen LogP contribution in [0.15, 0.2) is 0 Å². The molecule has 7 heteroatoms.